The molecular formula is C8H9FN4. The molecule has 0 spiro atoms. The first-order valence-electron chi connectivity index (χ1n) is 3.82. The Morgan fingerprint density at radius 3 is 3.00 bits per heavy atom. The lowest BCUT2D eigenvalue weighted by molar-refractivity contribution is 0.568. The average molecular weight is 180 g/mol. The molecule has 0 amide bonds. The number of hydrogen-bond donors (Lipinski definition) is 0. The van der Waals surface area contributed by atoms with E-state index in [1.807, 2.05) is 0 Å². The van der Waals surface area contributed by atoms with Crippen molar-refractivity contribution in [3.05, 3.63) is 39.8 Å². The van der Waals surface area contributed by atoms with E-state index in [-0.39, 0.29) is 6.04 Å². The van der Waals surface area contributed by atoms with E-state index in [1.165, 1.54) is 6.20 Å². The SMILES string of the molecule is Cc1c(C(C)N=[N+]=[N-])ccnc1F. The number of pyridine rings is 1. The van der Waals surface area contributed by atoms with Crippen molar-refractivity contribution in [2.24, 2.45) is 5.11 Å². The Labute approximate surface area is 75.0 Å². The Bertz CT molecular complexity index is 357. The molecule has 0 radical (unpaired) electrons. The zero-order valence-electron chi connectivity index (χ0n) is 7.40. The molecule has 1 aromatic heterocycles. The van der Waals surface area contributed by atoms with Crippen molar-refractivity contribution in [2.45, 2.75) is 19.9 Å². The van der Waals surface area contributed by atoms with Gasteiger partial charge in [0.25, 0.3) is 0 Å². The molecule has 0 aliphatic carbocycles. The van der Waals surface area contributed by atoms with Crippen LogP contribution in [-0.4, -0.2) is 4.98 Å². The smallest absolute Gasteiger partial charge is 0.216 e. The summed E-state index contributed by atoms with van der Waals surface area (Å²) >= 11 is 0. The number of azide groups is 1. The average Bonchev–Trinajstić information content (AvgIpc) is 2.10. The predicted molar refractivity (Wildman–Crippen MR) is 46.5 cm³/mol. The molecule has 0 aromatic carbocycles. The van der Waals surface area contributed by atoms with Crippen molar-refractivity contribution in [3.8, 4) is 0 Å². The van der Waals surface area contributed by atoms with Gasteiger partial charge in [0.15, 0.2) is 0 Å². The van der Waals surface area contributed by atoms with Crippen LogP contribution in [0.2, 0.25) is 0 Å². The van der Waals surface area contributed by atoms with Crippen molar-refractivity contribution in [2.75, 3.05) is 0 Å². The molecule has 1 atom stereocenters. The van der Waals surface area contributed by atoms with E-state index in [2.05, 4.69) is 15.0 Å². The summed E-state index contributed by atoms with van der Waals surface area (Å²) in [6, 6.07) is 1.29. The van der Waals surface area contributed by atoms with Crippen LogP contribution in [0.1, 0.15) is 24.1 Å². The van der Waals surface area contributed by atoms with Gasteiger partial charge in [0, 0.05) is 16.7 Å². The molecule has 4 nitrogen and oxygen atoms in total. The zero-order chi connectivity index (χ0) is 9.84. The van der Waals surface area contributed by atoms with Crippen molar-refractivity contribution >= 4 is 0 Å². The van der Waals surface area contributed by atoms with E-state index in [0.29, 0.717) is 11.1 Å². The summed E-state index contributed by atoms with van der Waals surface area (Å²) in [5.41, 5.74) is 9.31. The Balaban J connectivity index is 3.14. The Morgan fingerprint density at radius 2 is 2.38 bits per heavy atom. The fourth-order valence-electron chi connectivity index (χ4n) is 1.12. The number of halogens is 1. The topological polar surface area (TPSA) is 61.7 Å². The van der Waals surface area contributed by atoms with Crippen LogP contribution >= 0.6 is 0 Å². The minimum absolute atomic E-state index is 0.359. The maximum atomic E-state index is 12.9. The molecule has 1 aromatic rings. The molecule has 1 heterocycles. The lowest BCUT2D eigenvalue weighted by atomic mass is 10.1. The van der Waals surface area contributed by atoms with Gasteiger partial charge in [-0.3, -0.25) is 0 Å². The van der Waals surface area contributed by atoms with Gasteiger partial charge in [0.1, 0.15) is 0 Å². The molecule has 0 N–H and O–H groups in total. The highest BCUT2D eigenvalue weighted by Crippen LogP contribution is 2.21. The monoisotopic (exact) mass is 180 g/mol. The third-order valence-corrected chi connectivity index (χ3v) is 1.86. The van der Waals surface area contributed by atoms with Crippen molar-refractivity contribution < 1.29 is 4.39 Å². The standard InChI is InChI=1S/C8H9FN4/c1-5-7(6(2)12-13-10)3-4-11-8(5)9/h3-4,6H,1-2H3. The van der Waals surface area contributed by atoms with E-state index in [0.717, 1.165) is 0 Å². The molecule has 0 aliphatic rings. The van der Waals surface area contributed by atoms with Gasteiger partial charge in [-0.25, -0.2) is 4.98 Å². The van der Waals surface area contributed by atoms with Crippen LogP contribution in [0.3, 0.4) is 0 Å². The summed E-state index contributed by atoms with van der Waals surface area (Å²) in [6.07, 6.45) is 1.36. The lowest BCUT2D eigenvalue weighted by Gasteiger charge is -2.08. The lowest BCUT2D eigenvalue weighted by Crippen LogP contribution is -1.97. The predicted octanol–water partition coefficient (Wildman–Crippen LogP) is 2.90. The van der Waals surface area contributed by atoms with Gasteiger partial charge in [-0.15, -0.1) is 0 Å². The van der Waals surface area contributed by atoms with E-state index < -0.39 is 5.95 Å². The molecule has 1 unspecified atom stereocenters. The van der Waals surface area contributed by atoms with Crippen molar-refractivity contribution in [3.63, 3.8) is 0 Å². The Kier molecular flexibility index (Phi) is 2.82. The van der Waals surface area contributed by atoms with Gasteiger partial charge in [0.2, 0.25) is 5.95 Å². The fourth-order valence-corrected chi connectivity index (χ4v) is 1.12. The maximum absolute atomic E-state index is 12.9. The molecule has 0 saturated heterocycles. The summed E-state index contributed by atoms with van der Waals surface area (Å²) < 4.78 is 12.9. The summed E-state index contributed by atoms with van der Waals surface area (Å²) in [5.74, 6) is -0.516. The van der Waals surface area contributed by atoms with Gasteiger partial charge >= 0.3 is 0 Å². The molecule has 68 valence electrons. The first kappa shape index (κ1) is 9.48. The quantitative estimate of drug-likeness (QED) is 0.298. The van der Waals surface area contributed by atoms with Gasteiger partial charge < -0.3 is 0 Å². The molecule has 1 rings (SSSR count). The molecule has 0 bridgehead atoms. The van der Waals surface area contributed by atoms with E-state index in [4.69, 9.17) is 5.53 Å². The van der Waals surface area contributed by atoms with Crippen LogP contribution in [0, 0.1) is 12.9 Å². The van der Waals surface area contributed by atoms with Crippen molar-refractivity contribution in [1.82, 2.24) is 4.98 Å². The van der Waals surface area contributed by atoms with Crippen LogP contribution in [0.4, 0.5) is 4.39 Å². The maximum Gasteiger partial charge on any atom is 0.216 e. The van der Waals surface area contributed by atoms with Gasteiger partial charge in [-0.05, 0) is 24.1 Å². The van der Waals surface area contributed by atoms with Crippen LogP contribution in [0.5, 0.6) is 0 Å². The highest BCUT2D eigenvalue weighted by molar-refractivity contribution is 5.25. The molecule has 13 heavy (non-hydrogen) atoms. The van der Waals surface area contributed by atoms with Gasteiger partial charge in [0.05, 0.1) is 6.04 Å². The second-order valence-corrected chi connectivity index (χ2v) is 2.70. The summed E-state index contributed by atoms with van der Waals surface area (Å²) in [6.45, 7) is 3.32. The van der Waals surface area contributed by atoms with Crippen LogP contribution in [0.15, 0.2) is 17.4 Å². The van der Waals surface area contributed by atoms with Gasteiger partial charge in [-0.1, -0.05) is 12.0 Å². The van der Waals surface area contributed by atoms with Crippen LogP contribution in [0.25, 0.3) is 10.4 Å². The zero-order valence-corrected chi connectivity index (χ0v) is 7.40. The summed E-state index contributed by atoms with van der Waals surface area (Å²) in [5, 5.41) is 3.48. The molecule has 0 aliphatic heterocycles. The summed E-state index contributed by atoms with van der Waals surface area (Å²) in [4.78, 5) is 6.15. The minimum Gasteiger partial charge on any atom is -0.228 e. The Hall–Kier alpha value is -1.61. The largest absolute Gasteiger partial charge is 0.228 e. The summed E-state index contributed by atoms with van der Waals surface area (Å²) in [7, 11) is 0. The normalized spacial score (nSPS) is 11.9. The second-order valence-electron chi connectivity index (χ2n) is 2.70. The third kappa shape index (κ3) is 1.95. The molecule has 0 fully saturated rings. The van der Waals surface area contributed by atoms with E-state index in [9.17, 15) is 4.39 Å². The van der Waals surface area contributed by atoms with Crippen LogP contribution < -0.4 is 0 Å². The minimum atomic E-state index is -0.516. The Morgan fingerprint density at radius 1 is 1.69 bits per heavy atom. The highest BCUT2D eigenvalue weighted by atomic mass is 19.1. The third-order valence-electron chi connectivity index (χ3n) is 1.86. The van der Waals surface area contributed by atoms with Crippen LogP contribution in [-0.2, 0) is 0 Å². The van der Waals surface area contributed by atoms with E-state index in [1.54, 1.807) is 19.9 Å². The second kappa shape index (κ2) is 3.87. The first-order valence-corrected chi connectivity index (χ1v) is 3.82. The number of hydrogen-bond acceptors (Lipinski definition) is 2. The van der Waals surface area contributed by atoms with Gasteiger partial charge in [-0.2, -0.15) is 4.39 Å². The number of nitrogens with zero attached hydrogens (tertiary/aromatic N) is 4. The number of rotatable bonds is 2. The molecule has 5 heteroatoms. The highest BCUT2D eigenvalue weighted by Gasteiger charge is 2.09. The van der Waals surface area contributed by atoms with Crippen molar-refractivity contribution in [1.29, 1.82) is 0 Å². The number of aromatic nitrogens is 1. The molecular weight excluding hydrogens is 171 g/mol. The first-order chi connectivity index (χ1) is 6.16. The molecule has 0 saturated carbocycles. The fraction of sp³-hybridized carbons (Fsp3) is 0.375. The van der Waals surface area contributed by atoms with E-state index >= 15 is 0 Å².